The summed E-state index contributed by atoms with van der Waals surface area (Å²) in [5.74, 6) is 2.20. The number of fused-ring (bicyclic) bond motifs is 2. The second kappa shape index (κ2) is 6.80. The molecule has 3 amide bonds. The van der Waals surface area contributed by atoms with E-state index < -0.39 is 11.7 Å². The number of carbonyl (C=O) groups is 3. The van der Waals surface area contributed by atoms with Crippen molar-refractivity contribution in [1.82, 2.24) is 35.1 Å². The van der Waals surface area contributed by atoms with Gasteiger partial charge in [-0.05, 0) is 58.6 Å². The Kier molecular flexibility index (Phi) is 3.80. The van der Waals surface area contributed by atoms with Crippen LogP contribution in [-0.2, 0) is 11.3 Å². The summed E-state index contributed by atoms with van der Waals surface area (Å²) >= 11 is 0. The molecule has 3 N–H and O–H groups in total. The van der Waals surface area contributed by atoms with Crippen LogP contribution in [0.1, 0.15) is 26.5 Å². The third-order valence-corrected chi connectivity index (χ3v) is 10.9. The van der Waals surface area contributed by atoms with Crippen molar-refractivity contribution in [2.75, 3.05) is 20.6 Å². The standard InChI is InChI=1S/C28H25N7O5/c1-34(2)25(38)28-20-17-21(28)19-22(28)18(20)27(17,19)10-30-24(37)14-8-13(32-16-5-6-31-35(14)16)23(36)29-9-11-3-4-15-12(7-11)33-26(39)40-15/h3-8,17-22H,9-10H2,1-2H3,(H,29,36)(H,30,37)(H,33,39). The first-order valence-corrected chi connectivity index (χ1v) is 13.5. The van der Waals surface area contributed by atoms with E-state index in [4.69, 9.17) is 4.42 Å². The van der Waals surface area contributed by atoms with E-state index in [1.165, 1.54) is 10.6 Å². The highest BCUT2D eigenvalue weighted by Crippen LogP contribution is 3.10. The van der Waals surface area contributed by atoms with Crippen molar-refractivity contribution in [3.63, 3.8) is 0 Å². The molecule has 202 valence electrons. The van der Waals surface area contributed by atoms with E-state index in [1.807, 2.05) is 14.1 Å². The molecular weight excluding hydrogens is 514 g/mol. The molecule has 3 heterocycles. The number of H-pyrrole nitrogens is 1. The molecular formula is C28H25N7O5. The average Bonchev–Trinajstić information content (AvgIpc) is 3.58. The summed E-state index contributed by atoms with van der Waals surface area (Å²) in [4.78, 5) is 59.4. The van der Waals surface area contributed by atoms with Gasteiger partial charge in [-0.1, -0.05) is 6.07 Å². The fourth-order valence-electron chi connectivity index (χ4n) is 9.82. The number of nitrogens with one attached hydrogen (secondary N) is 3. The molecule has 4 aromatic rings. The number of carbonyl (C=O) groups excluding carboxylic acids is 3. The summed E-state index contributed by atoms with van der Waals surface area (Å²) in [6.45, 7) is 0.788. The lowest BCUT2D eigenvalue weighted by Gasteiger charge is -3.10. The van der Waals surface area contributed by atoms with Crippen LogP contribution in [0.2, 0.25) is 0 Å². The van der Waals surface area contributed by atoms with E-state index in [9.17, 15) is 19.2 Å². The average molecular weight is 540 g/mol. The maximum Gasteiger partial charge on any atom is 0.417 e. The Morgan fingerprint density at radius 1 is 1.02 bits per heavy atom. The van der Waals surface area contributed by atoms with Gasteiger partial charge in [-0.2, -0.15) is 5.10 Å². The smallest absolute Gasteiger partial charge is 0.408 e. The molecule has 6 aliphatic rings. The van der Waals surface area contributed by atoms with Crippen molar-refractivity contribution >= 4 is 34.5 Å². The predicted molar refractivity (Wildman–Crippen MR) is 138 cm³/mol. The van der Waals surface area contributed by atoms with E-state index in [1.54, 1.807) is 35.4 Å². The van der Waals surface area contributed by atoms with Gasteiger partial charge in [0.15, 0.2) is 11.2 Å². The van der Waals surface area contributed by atoms with Crippen LogP contribution in [0, 0.1) is 46.3 Å². The van der Waals surface area contributed by atoms with Crippen LogP contribution in [0.15, 0.2) is 45.7 Å². The molecule has 12 heteroatoms. The molecule has 0 radical (unpaired) electrons. The second-order valence-corrected chi connectivity index (χ2v) is 12.2. The molecule has 3 aromatic heterocycles. The Balaban J connectivity index is 0.906. The van der Waals surface area contributed by atoms with Crippen molar-refractivity contribution in [2.24, 2.45) is 46.3 Å². The molecule has 0 aliphatic heterocycles. The van der Waals surface area contributed by atoms with Crippen LogP contribution in [-0.4, -0.2) is 62.8 Å². The zero-order valence-electron chi connectivity index (χ0n) is 21.7. The maximum atomic E-state index is 13.4. The number of benzene rings is 1. The summed E-state index contributed by atoms with van der Waals surface area (Å²) in [6.07, 6.45) is 1.54. The first kappa shape index (κ1) is 22.3. The van der Waals surface area contributed by atoms with Gasteiger partial charge in [0, 0.05) is 39.3 Å². The van der Waals surface area contributed by atoms with Gasteiger partial charge in [-0.15, -0.1) is 0 Å². The first-order chi connectivity index (χ1) is 19.3. The predicted octanol–water partition coefficient (Wildman–Crippen LogP) is 0.650. The van der Waals surface area contributed by atoms with Crippen LogP contribution >= 0.6 is 0 Å². The molecule has 6 aliphatic carbocycles. The summed E-state index contributed by atoms with van der Waals surface area (Å²) in [5, 5.41) is 10.2. The Morgan fingerprint density at radius 3 is 2.50 bits per heavy atom. The van der Waals surface area contributed by atoms with Gasteiger partial charge < -0.3 is 20.0 Å². The van der Waals surface area contributed by atoms with Gasteiger partial charge in [0.05, 0.1) is 17.1 Å². The highest BCUT2D eigenvalue weighted by molar-refractivity contribution is 5.98. The molecule has 12 nitrogen and oxygen atoms in total. The number of rotatable bonds is 7. The van der Waals surface area contributed by atoms with Crippen LogP contribution in [0.4, 0.5) is 0 Å². The van der Waals surface area contributed by atoms with Crippen LogP contribution in [0.3, 0.4) is 0 Å². The topological polar surface area (TPSA) is 155 Å². The molecule has 0 spiro atoms. The minimum atomic E-state index is -0.539. The maximum absolute atomic E-state index is 13.4. The molecule has 40 heavy (non-hydrogen) atoms. The number of amides is 3. The Bertz CT molecular complexity index is 1850. The summed E-state index contributed by atoms with van der Waals surface area (Å²) < 4.78 is 6.46. The highest BCUT2D eigenvalue weighted by Gasteiger charge is 3.11. The molecule has 1 aromatic carbocycles. The van der Waals surface area contributed by atoms with Crippen LogP contribution in [0.5, 0.6) is 0 Å². The molecule has 0 saturated heterocycles. The zero-order chi connectivity index (χ0) is 27.3. The van der Waals surface area contributed by atoms with E-state index >= 15 is 0 Å². The zero-order valence-corrected chi connectivity index (χ0v) is 21.7. The molecule has 6 fully saturated rings. The van der Waals surface area contributed by atoms with Gasteiger partial charge in [0.25, 0.3) is 11.8 Å². The van der Waals surface area contributed by atoms with Gasteiger partial charge >= 0.3 is 5.76 Å². The largest absolute Gasteiger partial charge is 0.417 e. The van der Waals surface area contributed by atoms with E-state index in [-0.39, 0.29) is 34.7 Å². The number of aromatic amines is 1. The fraction of sp³-hybridized carbons (Fsp3) is 0.429. The van der Waals surface area contributed by atoms with Gasteiger partial charge in [0.1, 0.15) is 11.4 Å². The van der Waals surface area contributed by atoms with Crippen molar-refractivity contribution in [3.8, 4) is 0 Å². The fourth-order valence-corrected chi connectivity index (χ4v) is 9.82. The molecule has 0 atom stereocenters. The van der Waals surface area contributed by atoms with Gasteiger partial charge in [0.2, 0.25) is 5.91 Å². The number of oxazole rings is 1. The summed E-state index contributed by atoms with van der Waals surface area (Å²) in [5.41, 5.74) is 2.58. The Hall–Kier alpha value is -4.48. The van der Waals surface area contributed by atoms with Crippen molar-refractivity contribution < 1.29 is 18.8 Å². The summed E-state index contributed by atoms with van der Waals surface area (Å²) in [6, 6.07) is 8.27. The van der Waals surface area contributed by atoms with Crippen molar-refractivity contribution in [2.45, 2.75) is 6.54 Å². The normalized spacial score (nSPS) is 34.5. The lowest BCUT2D eigenvalue weighted by atomic mass is 8.92. The third-order valence-electron chi connectivity index (χ3n) is 10.9. The number of nitrogens with zero attached hydrogens (tertiary/aromatic N) is 4. The minimum absolute atomic E-state index is 0.0780. The third kappa shape index (κ3) is 2.18. The number of aromatic nitrogens is 4. The Morgan fingerprint density at radius 2 is 1.77 bits per heavy atom. The summed E-state index contributed by atoms with van der Waals surface area (Å²) in [7, 11) is 3.70. The molecule has 10 rings (SSSR count). The van der Waals surface area contributed by atoms with Crippen molar-refractivity contribution in [3.05, 3.63) is 64.0 Å². The second-order valence-electron chi connectivity index (χ2n) is 12.2. The molecule has 0 unspecified atom stereocenters. The van der Waals surface area contributed by atoms with E-state index in [0.29, 0.717) is 64.7 Å². The lowest BCUT2D eigenvalue weighted by molar-refractivity contribution is -0.639. The Labute approximate surface area is 226 Å². The quantitative estimate of drug-likeness (QED) is 0.312. The van der Waals surface area contributed by atoms with E-state index in [0.717, 1.165) is 5.56 Å². The SMILES string of the molecule is CN(C)C(=O)C12C3C4C1C1C2C3C41CNC(=O)c1cc(C(=O)NCc2ccc3oc(=O)[nH]c3c2)nc2ccnn12. The monoisotopic (exact) mass is 539 g/mol. The molecule has 6 saturated carbocycles. The number of hydrogen-bond donors (Lipinski definition) is 3. The van der Waals surface area contributed by atoms with Crippen molar-refractivity contribution in [1.29, 1.82) is 0 Å². The van der Waals surface area contributed by atoms with Crippen LogP contribution < -0.4 is 16.4 Å². The van der Waals surface area contributed by atoms with Crippen LogP contribution in [0.25, 0.3) is 16.7 Å². The van der Waals surface area contributed by atoms with Gasteiger partial charge in [-0.25, -0.2) is 14.3 Å². The highest BCUT2D eigenvalue weighted by atomic mass is 16.4. The van der Waals surface area contributed by atoms with E-state index in [2.05, 4.69) is 25.7 Å². The van der Waals surface area contributed by atoms with Gasteiger partial charge in [-0.3, -0.25) is 19.4 Å². The number of hydrogen-bond acceptors (Lipinski definition) is 7. The molecule has 0 bridgehead atoms. The first-order valence-electron chi connectivity index (χ1n) is 13.5. The lowest BCUT2D eigenvalue weighted by Crippen LogP contribution is -3.12. The minimum Gasteiger partial charge on any atom is -0.408 e.